The van der Waals surface area contributed by atoms with Gasteiger partial charge in [-0.05, 0) is 42.5 Å². The molecule has 3 N–H and O–H groups in total. The molecule has 7 nitrogen and oxygen atoms in total. The third kappa shape index (κ3) is 5.96. The minimum atomic E-state index is -0.558. The Kier molecular flexibility index (Phi) is 7.87. The average molecular weight is 426 g/mol. The third-order valence-corrected chi connectivity index (χ3v) is 5.79. The number of hydrogen-bond donors (Lipinski definition) is 3. The summed E-state index contributed by atoms with van der Waals surface area (Å²) in [4.78, 5) is 36.7. The highest BCUT2D eigenvalue weighted by molar-refractivity contribution is 5.96. The van der Waals surface area contributed by atoms with Crippen molar-refractivity contribution in [3.63, 3.8) is 0 Å². The molecule has 3 amide bonds. The van der Waals surface area contributed by atoms with Gasteiger partial charge in [0.25, 0.3) is 5.91 Å². The van der Waals surface area contributed by atoms with Gasteiger partial charge in [-0.1, -0.05) is 44.4 Å². The quantitative estimate of drug-likeness (QED) is 0.603. The molecule has 2 aromatic rings. The average Bonchev–Trinajstić information content (AvgIpc) is 3.31. The fourth-order valence-corrected chi connectivity index (χ4v) is 4.01. The summed E-state index contributed by atoms with van der Waals surface area (Å²) in [7, 11) is 1.59. The molecule has 1 heterocycles. The first-order valence-corrected chi connectivity index (χ1v) is 11.0. The Morgan fingerprint density at radius 2 is 1.87 bits per heavy atom. The van der Waals surface area contributed by atoms with Gasteiger partial charge in [-0.2, -0.15) is 0 Å². The van der Waals surface area contributed by atoms with E-state index in [4.69, 9.17) is 4.42 Å². The number of benzene rings is 1. The van der Waals surface area contributed by atoms with Crippen molar-refractivity contribution >= 4 is 17.7 Å². The van der Waals surface area contributed by atoms with Crippen LogP contribution in [0.1, 0.15) is 61.6 Å². The summed E-state index contributed by atoms with van der Waals surface area (Å²) < 4.78 is 5.80. The molecule has 1 aliphatic carbocycles. The summed E-state index contributed by atoms with van der Waals surface area (Å²) in [5.41, 5.74) is 1.76. The lowest BCUT2D eigenvalue weighted by atomic mass is 9.83. The number of carbonyl (C=O) groups is 3. The second kappa shape index (κ2) is 10.8. The molecule has 31 heavy (non-hydrogen) atoms. The lowest BCUT2D eigenvalue weighted by Gasteiger charge is -2.29. The van der Waals surface area contributed by atoms with Crippen LogP contribution in [-0.4, -0.2) is 30.8 Å². The van der Waals surface area contributed by atoms with Crippen LogP contribution < -0.4 is 16.0 Å². The van der Waals surface area contributed by atoms with Gasteiger partial charge < -0.3 is 20.4 Å². The zero-order valence-electron chi connectivity index (χ0n) is 18.2. The van der Waals surface area contributed by atoms with Crippen LogP contribution in [0.4, 0.5) is 0 Å². The molecule has 1 aromatic heterocycles. The number of amides is 3. The van der Waals surface area contributed by atoms with Gasteiger partial charge >= 0.3 is 0 Å². The summed E-state index contributed by atoms with van der Waals surface area (Å²) in [6.45, 7) is 2.24. The summed E-state index contributed by atoms with van der Waals surface area (Å²) >= 11 is 0. The van der Waals surface area contributed by atoms with E-state index in [1.807, 2.05) is 31.2 Å². The zero-order chi connectivity index (χ0) is 22.2. The predicted octanol–water partition coefficient (Wildman–Crippen LogP) is 3.40. The molecule has 0 unspecified atom stereocenters. The molecule has 0 saturated heterocycles. The zero-order valence-corrected chi connectivity index (χ0v) is 18.2. The second-order valence-corrected chi connectivity index (χ2v) is 7.96. The van der Waals surface area contributed by atoms with Crippen molar-refractivity contribution in [1.82, 2.24) is 16.0 Å². The monoisotopic (exact) mass is 425 g/mol. The van der Waals surface area contributed by atoms with Gasteiger partial charge in [-0.15, -0.1) is 0 Å². The molecule has 1 saturated carbocycles. The maximum Gasteiger partial charge on any atom is 0.287 e. The maximum absolute atomic E-state index is 12.8. The van der Waals surface area contributed by atoms with Gasteiger partial charge in [0.15, 0.2) is 5.76 Å². The smallest absolute Gasteiger partial charge is 0.287 e. The van der Waals surface area contributed by atoms with E-state index >= 15 is 0 Å². The van der Waals surface area contributed by atoms with Gasteiger partial charge in [0, 0.05) is 25.6 Å². The van der Waals surface area contributed by atoms with Crippen LogP contribution in [0, 0.1) is 5.92 Å². The molecule has 0 bridgehead atoms. The van der Waals surface area contributed by atoms with Gasteiger partial charge in [0.2, 0.25) is 11.8 Å². The van der Waals surface area contributed by atoms with Crippen LogP contribution in [0.25, 0.3) is 11.3 Å². The largest absolute Gasteiger partial charge is 0.451 e. The Labute approximate surface area is 183 Å². The van der Waals surface area contributed by atoms with Crippen LogP contribution >= 0.6 is 0 Å². The minimum Gasteiger partial charge on any atom is -0.451 e. The number of nitrogens with one attached hydrogen (secondary N) is 3. The molecule has 1 aliphatic rings. The Balaban J connectivity index is 1.70. The number of hydrogen-bond acceptors (Lipinski definition) is 4. The molecule has 166 valence electrons. The van der Waals surface area contributed by atoms with Crippen molar-refractivity contribution in [3.8, 4) is 11.3 Å². The first-order valence-electron chi connectivity index (χ1n) is 11.0. The molecular weight excluding hydrogens is 394 g/mol. The van der Waals surface area contributed by atoms with Crippen molar-refractivity contribution in [1.29, 1.82) is 0 Å². The molecule has 1 atom stereocenters. The molecule has 0 radical (unpaired) electrons. The number of rotatable bonds is 8. The topological polar surface area (TPSA) is 100 Å². The van der Waals surface area contributed by atoms with E-state index in [0.717, 1.165) is 36.8 Å². The van der Waals surface area contributed by atoms with Crippen LogP contribution in [0.5, 0.6) is 0 Å². The van der Waals surface area contributed by atoms with E-state index in [1.165, 1.54) is 6.42 Å². The Morgan fingerprint density at radius 1 is 1.10 bits per heavy atom. The molecule has 0 aliphatic heterocycles. The second-order valence-electron chi connectivity index (χ2n) is 7.96. The normalized spacial score (nSPS) is 15.2. The van der Waals surface area contributed by atoms with E-state index in [-0.39, 0.29) is 23.5 Å². The standard InChI is InChI=1S/C24H31N3O4/c1-3-21(28)26-15-16-8-7-11-18(14-16)19-12-13-20(31-19)23(29)27-22(24(30)25-2)17-9-5-4-6-10-17/h7-8,11-14,17,22H,3-6,9-10,15H2,1-2H3,(H,25,30)(H,26,28)(H,27,29)/t22-/m0/s1. The summed E-state index contributed by atoms with van der Waals surface area (Å²) in [5.74, 6) is 0.297. The minimum absolute atomic E-state index is 0.00834. The lowest BCUT2D eigenvalue weighted by molar-refractivity contribution is -0.124. The molecule has 7 heteroatoms. The van der Waals surface area contributed by atoms with Crippen LogP contribution in [-0.2, 0) is 16.1 Å². The van der Waals surface area contributed by atoms with Gasteiger partial charge in [0.05, 0.1) is 0 Å². The first-order chi connectivity index (χ1) is 15.0. The van der Waals surface area contributed by atoms with Crippen molar-refractivity contribution < 1.29 is 18.8 Å². The highest BCUT2D eigenvalue weighted by atomic mass is 16.4. The number of likely N-dealkylation sites (N-methyl/N-ethyl adjacent to an activating group) is 1. The third-order valence-electron chi connectivity index (χ3n) is 5.79. The first kappa shape index (κ1) is 22.6. The maximum atomic E-state index is 12.8. The highest BCUT2D eigenvalue weighted by Crippen LogP contribution is 2.27. The van der Waals surface area contributed by atoms with E-state index in [1.54, 1.807) is 19.2 Å². The van der Waals surface area contributed by atoms with E-state index in [2.05, 4.69) is 16.0 Å². The predicted molar refractivity (Wildman–Crippen MR) is 118 cm³/mol. The van der Waals surface area contributed by atoms with E-state index < -0.39 is 11.9 Å². The highest BCUT2D eigenvalue weighted by Gasteiger charge is 2.31. The number of carbonyl (C=O) groups excluding carboxylic acids is 3. The van der Waals surface area contributed by atoms with E-state index in [0.29, 0.717) is 18.7 Å². The fraction of sp³-hybridized carbons (Fsp3) is 0.458. The summed E-state index contributed by atoms with van der Waals surface area (Å²) in [6.07, 6.45) is 5.64. The lowest BCUT2D eigenvalue weighted by Crippen LogP contribution is -2.50. The summed E-state index contributed by atoms with van der Waals surface area (Å²) in [5, 5.41) is 8.39. The van der Waals surface area contributed by atoms with E-state index in [9.17, 15) is 14.4 Å². The van der Waals surface area contributed by atoms with Crippen LogP contribution in [0.15, 0.2) is 40.8 Å². The molecule has 1 fully saturated rings. The Hall–Kier alpha value is -3.09. The van der Waals surface area contributed by atoms with Crippen molar-refractivity contribution in [2.24, 2.45) is 5.92 Å². The Bertz CT molecular complexity index is 915. The van der Waals surface area contributed by atoms with Gasteiger partial charge in [0.1, 0.15) is 11.8 Å². The Morgan fingerprint density at radius 3 is 2.58 bits per heavy atom. The van der Waals surface area contributed by atoms with Crippen LogP contribution in [0.2, 0.25) is 0 Å². The molecule has 1 aromatic carbocycles. The van der Waals surface area contributed by atoms with Crippen molar-refractivity contribution in [2.75, 3.05) is 7.05 Å². The van der Waals surface area contributed by atoms with Gasteiger partial charge in [-0.3, -0.25) is 14.4 Å². The molecular formula is C24H31N3O4. The number of furan rings is 1. The fourth-order valence-electron chi connectivity index (χ4n) is 4.01. The van der Waals surface area contributed by atoms with Crippen molar-refractivity contribution in [2.45, 2.75) is 58.0 Å². The van der Waals surface area contributed by atoms with Crippen molar-refractivity contribution in [3.05, 3.63) is 47.7 Å². The molecule has 3 rings (SSSR count). The molecule has 0 spiro atoms. The SMILES string of the molecule is CCC(=O)NCc1cccc(-c2ccc(C(=O)N[C@H](C(=O)NC)C3CCCCC3)o2)c1. The van der Waals surface area contributed by atoms with Crippen LogP contribution in [0.3, 0.4) is 0 Å². The summed E-state index contributed by atoms with van der Waals surface area (Å²) in [6, 6.07) is 10.4. The van der Waals surface area contributed by atoms with Gasteiger partial charge in [-0.25, -0.2) is 0 Å².